The van der Waals surface area contributed by atoms with E-state index in [9.17, 15) is 4.79 Å². The average Bonchev–Trinajstić information content (AvgIpc) is 3.29. The third-order valence-corrected chi connectivity index (χ3v) is 7.17. The molecule has 5 heteroatoms. The van der Waals surface area contributed by atoms with Crippen LogP contribution in [0, 0.1) is 11.8 Å². The topological polar surface area (TPSA) is 62.4 Å². The summed E-state index contributed by atoms with van der Waals surface area (Å²) in [4.78, 5) is 12.8. The summed E-state index contributed by atoms with van der Waals surface area (Å²) >= 11 is 0. The first-order valence-electron chi connectivity index (χ1n) is 12.2. The van der Waals surface area contributed by atoms with Crippen LogP contribution < -0.4 is 16.0 Å². The summed E-state index contributed by atoms with van der Waals surface area (Å²) in [6.45, 7) is 16.3. The molecule has 4 unspecified atom stereocenters. The number of hydrogen-bond acceptors (Lipinski definition) is 5. The normalized spacial score (nSPS) is 31.8. The summed E-state index contributed by atoms with van der Waals surface area (Å²) in [6, 6.07) is 0.853. The van der Waals surface area contributed by atoms with Gasteiger partial charge in [-0.3, -0.25) is 0 Å². The molecule has 0 bridgehead atoms. The minimum Gasteiger partial charge on any atom is -0.458 e. The van der Waals surface area contributed by atoms with Gasteiger partial charge in [0.25, 0.3) is 0 Å². The van der Waals surface area contributed by atoms with E-state index in [1.165, 1.54) is 24.1 Å². The first kappa shape index (κ1) is 24.5. The number of piperidine rings is 1. The smallest absolute Gasteiger partial charge is 0.334 e. The van der Waals surface area contributed by atoms with E-state index in [4.69, 9.17) is 4.74 Å². The highest BCUT2D eigenvalue weighted by Crippen LogP contribution is 2.37. The number of ether oxygens (including phenoxy) is 1. The maximum atomic E-state index is 12.8. The molecule has 0 radical (unpaired) electrons. The molecule has 2 fully saturated rings. The molecule has 3 aliphatic rings. The number of hydrogen-bond donors (Lipinski definition) is 3. The molecule has 2 heterocycles. The molecule has 0 spiro atoms. The van der Waals surface area contributed by atoms with Crippen molar-refractivity contribution in [2.24, 2.45) is 11.8 Å². The molecule has 0 amide bonds. The number of allylic oxidation sites excluding steroid dienone is 5. The predicted octanol–water partition coefficient (Wildman–Crippen LogP) is 4.51. The van der Waals surface area contributed by atoms with Gasteiger partial charge in [0.1, 0.15) is 6.10 Å². The second-order valence-corrected chi connectivity index (χ2v) is 9.51. The van der Waals surface area contributed by atoms with Crippen molar-refractivity contribution in [1.82, 2.24) is 16.0 Å². The third kappa shape index (κ3) is 6.23. The van der Waals surface area contributed by atoms with Crippen LogP contribution in [0.4, 0.5) is 0 Å². The van der Waals surface area contributed by atoms with Gasteiger partial charge in [-0.2, -0.15) is 0 Å². The van der Waals surface area contributed by atoms with Crippen molar-refractivity contribution in [3.05, 3.63) is 60.0 Å². The zero-order valence-electron chi connectivity index (χ0n) is 20.1. The number of carbonyl (C=O) groups is 1. The Morgan fingerprint density at radius 1 is 1.34 bits per heavy atom. The van der Waals surface area contributed by atoms with Crippen molar-refractivity contribution in [3.63, 3.8) is 0 Å². The zero-order valence-corrected chi connectivity index (χ0v) is 20.1. The van der Waals surface area contributed by atoms with Crippen molar-refractivity contribution >= 4 is 5.97 Å². The second kappa shape index (κ2) is 11.7. The van der Waals surface area contributed by atoms with Gasteiger partial charge in [-0.1, -0.05) is 37.0 Å². The molecule has 3 N–H and O–H groups in total. The maximum absolute atomic E-state index is 12.8. The largest absolute Gasteiger partial charge is 0.458 e. The van der Waals surface area contributed by atoms with Gasteiger partial charge in [-0.25, -0.2) is 4.79 Å². The fraction of sp³-hybridized carbons (Fsp3) is 0.593. The fourth-order valence-electron chi connectivity index (χ4n) is 5.15. The second-order valence-electron chi connectivity index (χ2n) is 9.51. The minimum absolute atomic E-state index is 0.0113. The van der Waals surface area contributed by atoms with E-state index in [2.05, 4.69) is 55.1 Å². The Balaban J connectivity index is 1.71. The molecule has 0 saturated carbocycles. The first-order chi connectivity index (χ1) is 15.4. The van der Waals surface area contributed by atoms with E-state index in [1.54, 1.807) is 6.20 Å². The van der Waals surface area contributed by atoms with Gasteiger partial charge in [0.15, 0.2) is 0 Å². The van der Waals surface area contributed by atoms with Crippen molar-refractivity contribution in [2.75, 3.05) is 13.1 Å². The van der Waals surface area contributed by atoms with Crippen LogP contribution >= 0.6 is 0 Å². The van der Waals surface area contributed by atoms with Gasteiger partial charge in [0.2, 0.25) is 0 Å². The highest BCUT2D eigenvalue weighted by atomic mass is 16.5. The molecule has 3 rings (SSSR count). The molecule has 0 aromatic heterocycles. The molecule has 0 aromatic carbocycles. The van der Waals surface area contributed by atoms with Crippen LogP contribution in [0.15, 0.2) is 60.0 Å². The van der Waals surface area contributed by atoms with Crippen LogP contribution in [0.25, 0.3) is 0 Å². The molecule has 32 heavy (non-hydrogen) atoms. The summed E-state index contributed by atoms with van der Waals surface area (Å²) < 4.78 is 5.72. The minimum atomic E-state index is -0.179. The molecule has 2 saturated heterocycles. The molecule has 2 aliphatic heterocycles. The van der Waals surface area contributed by atoms with Crippen molar-refractivity contribution in [1.29, 1.82) is 0 Å². The Bertz CT molecular complexity index is 789. The SMILES string of the molecule is C=CN/C(=C(\C)C1C=CC(=C)C(C/C(=C\C)C(=O)O[C@H]2CCNC2)C1)C1CCCC(C)N1. The highest BCUT2D eigenvalue weighted by Gasteiger charge is 2.29. The van der Waals surface area contributed by atoms with E-state index in [1.807, 2.05) is 13.0 Å². The Morgan fingerprint density at radius 3 is 2.81 bits per heavy atom. The van der Waals surface area contributed by atoms with E-state index in [0.29, 0.717) is 24.4 Å². The maximum Gasteiger partial charge on any atom is 0.334 e. The Hall–Kier alpha value is -2.11. The molecular weight excluding hydrogens is 398 g/mol. The van der Waals surface area contributed by atoms with E-state index in [-0.39, 0.29) is 18.0 Å². The van der Waals surface area contributed by atoms with E-state index in [0.717, 1.165) is 43.5 Å². The zero-order chi connectivity index (χ0) is 23.1. The summed E-state index contributed by atoms with van der Waals surface area (Å²) in [7, 11) is 0. The average molecular weight is 440 g/mol. The van der Waals surface area contributed by atoms with E-state index < -0.39 is 0 Å². The van der Waals surface area contributed by atoms with Crippen LogP contribution in [0.3, 0.4) is 0 Å². The first-order valence-corrected chi connectivity index (χ1v) is 12.2. The van der Waals surface area contributed by atoms with Gasteiger partial charge in [-0.15, -0.1) is 0 Å². The van der Waals surface area contributed by atoms with Gasteiger partial charge >= 0.3 is 5.97 Å². The molecule has 176 valence electrons. The van der Waals surface area contributed by atoms with Gasteiger partial charge in [0, 0.05) is 35.8 Å². The van der Waals surface area contributed by atoms with Gasteiger partial charge in [-0.05, 0) is 83.5 Å². The lowest BCUT2D eigenvalue weighted by Gasteiger charge is -2.34. The van der Waals surface area contributed by atoms with Gasteiger partial charge < -0.3 is 20.7 Å². The summed E-state index contributed by atoms with van der Waals surface area (Å²) in [5.74, 6) is 0.352. The quantitative estimate of drug-likeness (QED) is 0.384. The summed E-state index contributed by atoms with van der Waals surface area (Å²) in [5, 5.41) is 10.4. The Kier molecular flexibility index (Phi) is 8.94. The lowest BCUT2D eigenvalue weighted by atomic mass is 9.76. The molecule has 5 atom stereocenters. The van der Waals surface area contributed by atoms with E-state index >= 15 is 0 Å². The Labute approximate surface area is 194 Å². The van der Waals surface area contributed by atoms with Crippen LogP contribution in [0.1, 0.15) is 59.3 Å². The van der Waals surface area contributed by atoms with Crippen molar-refractivity contribution < 1.29 is 9.53 Å². The summed E-state index contributed by atoms with van der Waals surface area (Å²) in [6.07, 6.45) is 14.2. The monoisotopic (exact) mass is 439 g/mol. The third-order valence-electron chi connectivity index (χ3n) is 7.17. The number of esters is 1. The van der Waals surface area contributed by atoms with Crippen molar-refractivity contribution in [2.45, 2.75) is 77.5 Å². The van der Waals surface area contributed by atoms with Crippen LogP contribution in [-0.4, -0.2) is 37.2 Å². The molecule has 1 aliphatic carbocycles. The fourth-order valence-corrected chi connectivity index (χ4v) is 5.15. The lowest BCUT2D eigenvalue weighted by Crippen LogP contribution is -2.44. The lowest BCUT2D eigenvalue weighted by molar-refractivity contribution is -0.143. The van der Waals surface area contributed by atoms with Gasteiger partial charge in [0.05, 0.1) is 0 Å². The number of carbonyl (C=O) groups excluding carboxylic acids is 1. The molecule has 5 nitrogen and oxygen atoms in total. The predicted molar refractivity (Wildman–Crippen MR) is 132 cm³/mol. The van der Waals surface area contributed by atoms with Crippen molar-refractivity contribution in [3.8, 4) is 0 Å². The summed E-state index contributed by atoms with van der Waals surface area (Å²) in [5.41, 5.74) is 4.43. The Morgan fingerprint density at radius 2 is 2.16 bits per heavy atom. The molecule has 0 aromatic rings. The van der Waals surface area contributed by atoms with Crippen LogP contribution in [0.5, 0.6) is 0 Å². The number of nitrogens with one attached hydrogen (secondary N) is 3. The number of rotatable bonds is 8. The van der Waals surface area contributed by atoms with Crippen LogP contribution in [0.2, 0.25) is 0 Å². The standard InChI is InChI=1S/C27H41N3O2/c1-6-21(27(31)32-24-13-14-28-17-24)15-23-16-22(12-11-18(23)3)20(5)26(29-7-2)25-10-8-9-19(4)30-25/h6-7,11-12,19,22-25,28-30H,2-3,8-10,13-17H2,1,4-5H3/b21-6+,26-20+/t19?,22?,23?,24-,25?/m0/s1. The van der Waals surface area contributed by atoms with Crippen LogP contribution in [-0.2, 0) is 9.53 Å². The molecular formula is C27H41N3O2. The highest BCUT2D eigenvalue weighted by molar-refractivity contribution is 5.88.